The predicted molar refractivity (Wildman–Crippen MR) is 174 cm³/mol. The fraction of sp³-hybridized carbons (Fsp3) is 0.211. The number of imide groups is 2. The number of ketones is 2. The van der Waals surface area contributed by atoms with Crippen LogP contribution in [-0.4, -0.2) is 64.2 Å². The Morgan fingerprint density at radius 1 is 0.735 bits per heavy atom. The van der Waals surface area contributed by atoms with Crippen LogP contribution in [0.1, 0.15) is 82.7 Å². The van der Waals surface area contributed by atoms with E-state index in [2.05, 4.69) is 4.98 Å². The van der Waals surface area contributed by atoms with Crippen LogP contribution >= 0.6 is 0 Å². The highest BCUT2D eigenvalue weighted by molar-refractivity contribution is 6.30. The number of anilines is 1. The molecule has 3 unspecified atom stereocenters. The van der Waals surface area contributed by atoms with Gasteiger partial charge in [0.15, 0.2) is 11.6 Å². The third-order valence-corrected chi connectivity index (χ3v) is 9.71. The van der Waals surface area contributed by atoms with Gasteiger partial charge in [-0.15, -0.1) is 0 Å². The monoisotopic (exact) mass is 653 g/mol. The lowest BCUT2D eigenvalue weighted by Crippen LogP contribution is -2.31. The van der Waals surface area contributed by atoms with Crippen molar-refractivity contribution in [2.45, 2.75) is 25.2 Å². The Labute approximate surface area is 279 Å². The molecule has 1 aromatic heterocycles. The van der Waals surface area contributed by atoms with Gasteiger partial charge in [0.1, 0.15) is 5.92 Å². The lowest BCUT2D eigenvalue weighted by molar-refractivity contribution is -0.122. The quantitative estimate of drug-likeness (QED) is 0.0910. The number of Topliss-reactive ketones (excluding diaryl/α,β-unsaturated/α-hetero) is 2. The van der Waals surface area contributed by atoms with Crippen molar-refractivity contribution in [1.82, 2.24) is 9.88 Å². The number of rotatable bonds is 7. The Balaban J connectivity index is 0.983. The fourth-order valence-corrected chi connectivity index (χ4v) is 7.23. The van der Waals surface area contributed by atoms with Crippen LogP contribution in [0.3, 0.4) is 0 Å². The number of ether oxygens (including phenoxy) is 1. The SMILES string of the molecule is O=C(OCCCN1C(=O)c2ccccc2C1=O)c1ccc2c(c1)C(=O)C(c1ccc3cccc(N4C(=O)C5CC=CCC5C4=O)c3n1)C2=O. The van der Waals surface area contributed by atoms with Crippen molar-refractivity contribution in [2.24, 2.45) is 11.8 Å². The van der Waals surface area contributed by atoms with E-state index in [0.29, 0.717) is 40.6 Å². The molecule has 0 spiro atoms. The van der Waals surface area contributed by atoms with Crippen molar-refractivity contribution in [3.8, 4) is 0 Å². The molecule has 3 atom stereocenters. The Kier molecular flexibility index (Phi) is 7.13. The minimum absolute atomic E-state index is 0.0622. The number of benzene rings is 3. The number of nitrogens with zero attached hydrogens (tertiary/aromatic N) is 3. The molecular formula is C38H27N3O8. The summed E-state index contributed by atoms with van der Waals surface area (Å²) < 4.78 is 5.37. The average Bonchev–Trinajstić information content (AvgIpc) is 3.64. The molecule has 1 fully saturated rings. The molecule has 11 nitrogen and oxygen atoms in total. The molecule has 4 amide bonds. The molecule has 0 radical (unpaired) electrons. The zero-order chi connectivity index (χ0) is 34.0. The van der Waals surface area contributed by atoms with Gasteiger partial charge < -0.3 is 4.74 Å². The molecule has 1 saturated heterocycles. The molecule has 2 aliphatic carbocycles. The number of allylic oxidation sites excluding steroid dienone is 2. The number of carbonyl (C=O) groups excluding carboxylic acids is 7. The Morgan fingerprint density at radius 2 is 1.41 bits per heavy atom. The molecule has 8 rings (SSSR count). The number of pyridine rings is 1. The number of esters is 1. The van der Waals surface area contributed by atoms with Crippen LogP contribution in [0.15, 0.2) is 84.9 Å². The molecule has 4 aliphatic rings. The minimum Gasteiger partial charge on any atom is -0.462 e. The topological polar surface area (TPSA) is 148 Å². The number of hydrogen-bond acceptors (Lipinski definition) is 9. The van der Waals surface area contributed by atoms with Crippen molar-refractivity contribution in [3.05, 3.63) is 118 Å². The van der Waals surface area contributed by atoms with Gasteiger partial charge in [-0.05, 0) is 61.7 Å². The normalized spacial score (nSPS) is 21.1. The highest BCUT2D eigenvalue weighted by atomic mass is 16.5. The van der Waals surface area contributed by atoms with E-state index in [1.54, 1.807) is 54.6 Å². The first-order valence-corrected chi connectivity index (χ1v) is 16.0. The molecule has 11 heteroatoms. The second-order valence-electron chi connectivity index (χ2n) is 12.5. The highest BCUT2D eigenvalue weighted by Crippen LogP contribution is 2.41. The minimum atomic E-state index is -1.27. The number of para-hydroxylation sites is 1. The summed E-state index contributed by atoms with van der Waals surface area (Å²) in [5.41, 5.74) is 1.76. The standard InChI is InChI=1S/C38H27N3O8/c42-32-22-15-13-21(38(48)49-18-6-17-40-34(44)23-8-1-2-9-24(23)35(40)45)19-27(22)33(43)30(32)28-16-14-20-7-5-12-29(31(20)39-28)41-36(46)25-10-3-4-11-26(25)37(41)47/h1-5,7-9,12-16,19,25-26,30H,6,10-11,17-18H2. The van der Waals surface area contributed by atoms with Crippen LogP contribution in [0, 0.1) is 11.8 Å². The van der Waals surface area contributed by atoms with Gasteiger partial charge in [0.2, 0.25) is 11.8 Å². The summed E-state index contributed by atoms with van der Waals surface area (Å²) in [4.78, 5) is 99.0. The molecule has 0 bridgehead atoms. The zero-order valence-electron chi connectivity index (χ0n) is 26.0. The average molecular weight is 654 g/mol. The molecule has 4 aromatic rings. The molecule has 49 heavy (non-hydrogen) atoms. The lowest BCUT2D eigenvalue weighted by Gasteiger charge is -2.17. The molecule has 0 N–H and O–H groups in total. The third-order valence-electron chi connectivity index (χ3n) is 9.71. The Morgan fingerprint density at radius 3 is 2.10 bits per heavy atom. The summed E-state index contributed by atoms with van der Waals surface area (Å²) in [5, 5.41) is 0.637. The first-order valence-electron chi connectivity index (χ1n) is 16.0. The van der Waals surface area contributed by atoms with Crippen molar-refractivity contribution >= 4 is 57.8 Å². The number of fused-ring (bicyclic) bond motifs is 4. The Bertz CT molecular complexity index is 2160. The molecule has 0 saturated carbocycles. The summed E-state index contributed by atoms with van der Waals surface area (Å²) in [6.45, 7) is -0.0143. The van der Waals surface area contributed by atoms with E-state index in [1.807, 2.05) is 12.2 Å². The van der Waals surface area contributed by atoms with Crippen molar-refractivity contribution in [2.75, 3.05) is 18.1 Å². The van der Waals surface area contributed by atoms with Gasteiger partial charge in [0.25, 0.3) is 11.8 Å². The molecule has 2 aliphatic heterocycles. The summed E-state index contributed by atoms with van der Waals surface area (Å²) in [6, 6.07) is 19.1. The molecule has 3 aromatic carbocycles. The molecular weight excluding hydrogens is 626 g/mol. The Hall–Kier alpha value is -6.10. The van der Waals surface area contributed by atoms with Crippen LogP contribution in [0.2, 0.25) is 0 Å². The highest BCUT2D eigenvalue weighted by Gasteiger charge is 2.48. The van der Waals surface area contributed by atoms with Crippen molar-refractivity contribution < 1.29 is 38.3 Å². The maximum atomic E-state index is 13.7. The third kappa shape index (κ3) is 4.72. The molecule has 242 valence electrons. The van der Waals surface area contributed by atoms with Gasteiger partial charge in [0.05, 0.1) is 52.0 Å². The van der Waals surface area contributed by atoms with Crippen LogP contribution in [0.25, 0.3) is 10.9 Å². The van der Waals surface area contributed by atoms with Crippen LogP contribution < -0.4 is 4.90 Å². The second kappa shape index (κ2) is 11.6. The summed E-state index contributed by atoms with van der Waals surface area (Å²) in [7, 11) is 0. The number of amides is 4. The van der Waals surface area contributed by atoms with Gasteiger partial charge >= 0.3 is 5.97 Å². The summed E-state index contributed by atoms with van der Waals surface area (Å²) in [6.07, 6.45) is 5.02. The number of carbonyl (C=O) groups is 7. The smallest absolute Gasteiger partial charge is 0.338 e. The van der Waals surface area contributed by atoms with E-state index in [1.165, 1.54) is 23.1 Å². The van der Waals surface area contributed by atoms with Gasteiger partial charge in [-0.3, -0.25) is 33.7 Å². The van der Waals surface area contributed by atoms with Crippen molar-refractivity contribution in [1.29, 1.82) is 0 Å². The van der Waals surface area contributed by atoms with Gasteiger partial charge in [-0.25, -0.2) is 14.7 Å². The zero-order valence-corrected chi connectivity index (χ0v) is 26.0. The van der Waals surface area contributed by atoms with Crippen LogP contribution in [-0.2, 0) is 14.3 Å². The largest absolute Gasteiger partial charge is 0.462 e. The maximum Gasteiger partial charge on any atom is 0.338 e. The summed E-state index contributed by atoms with van der Waals surface area (Å²) in [5.74, 6) is -5.23. The van der Waals surface area contributed by atoms with E-state index in [4.69, 9.17) is 4.74 Å². The van der Waals surface area contributed by atoms with Gasteiger partial charge in [-0.2, -0.15) is 0 Å². The maximum absolute atomic E-state index is 13.7. The lowest BCUT2D eigenvalue weighted by atomic mass is 9.85. The van der Waals surface area contributed by atoms with Gasteiger partial charge in [-0.1, -0.05) is 42.5 Å². The van der Waals surface area contributed by atoms with Crippen LogP contribution in [0.5, 0.6) is 0 Å². The van der Waals surface area contributed by atoms with Crippen LogP contribution in [0.4, 0.5) is 5.69 Å². The first-order chi connectivity index (χ1) is 23.7. The first kappa shape index (κ1) is 30.2. The number of hydrogen-bond donors (Lipinski definition) is 0. The number of aromatic nitrogens is 1. The van der Waals surface area contributed by atoms with Crippen molar-refractivity contribution in [3.63, 3.8) is 0 Å². The second-order valence-corrected chi connectivity index (χ2v) is 12.5. The molecule has 3 heterocycles. The van der Waals surface area contributed by atoms with E-state index in [-0.39, 0.29) is 53.8 Å². The van der Waals surface area contributed by atoms with E-state index >= 15 is 0 Å². The van der Waals surface area contributed by atoms with E-state index < -0.39 is 47.1 Å². The summed E-state index contributed by atoms with van der Waals surface area (Å²) >= 11 is 0. The fourth-order valence-electron chi connectivity index (χ4n) is 7.23. The van der Waals surface area contributed by atoms with E-state index in [9.17, 15) is 33.6 Å². The predicted octanol–water partition coefficient (Wildman–Crippen LogP) is 4.70. The van der Waals surface area contributed by atoms with Gasteiger partial charge in [0, 0.05) is 23.1 Å². The van der Waals surface area contributed by atoms with E-state index in [0.717, 1.165) is 4.90 Å².